The summed E-state index contributed by atoms with van der Waals surface area (Å²) in [5, 5.41) is 3.89. The number of piperidine rings is 1. The summed E-state index contributed by atoms with van der Waals surface area (Å²) in [5.41, 5.74) is 2.44. The zero-order valence-corrected chi connectivity index (χ0v) is 17.4. The third-order valence-electron chi connectivity index (χ3n) is 4.93. The van der Waals surface area contributed by atoms with Gasteiger partial charge in [0.2, 0.25) is 10.0 Å². The maximum Gasteiger partial charge on any atom is 0.267 e. The van der Waals surface area contributed by atoms with Crippen molar-refractivity contribution >= 4 is 27.5 Å². The molecular weight excluding hydrogens is 384 g/mol. The Hall–Kier alpha value is -1.84. The molecule has 9 heteroatoms. The number of rotatable bonds is 5. The summed E-state index contributed by atoms with van der Waals surface area (Å²) >= 11 is 1.12. The van der Waals surface area contributed by atoms with Gasteiger partial charge in [0, 0.05) is 19.6 Å². The monoisotopic (exact) mass is 408 g/mol. The number of nitrogens with zero attached hydrogens (tertiary/aromatic N) is 3. The molecule has 1 saturated heterocycles. The minimum Gasteiger partial charge on any atom is -0.338 e. The fourth-order valence-corrected chi connectivity index (χ4v) is 5.28. The number of nitrogens with one attached hydrogen (secondary N) is 1. The minimum absolute atomic E-state index is 0.0307. The molecule has 0 atom stereocenters. The molecule has 3 rings (SSSR count). The zero-order valence-electron chi connectivity index (χ0n) is 15.7. The lowest BCUT2D eigenvalue weighted by molar-refractivity contribution is 0.0696. The Labute approximate surface area is 164 Å². The molecule has 1 aliphatic heterocycles. The number of hydrogen-bond donors (Lipinski definition) is 1. The van der Waals surface area contributed by atoms with Gasteiger partial charge in [0.15, 0.2) is 0 Å². The maximum absolute atomic E-state index is 12.6. The smallest absolute Gasteiger partial charge is 0.267 e. The lowest BCUT2D eigenvalue weighted by Gasteiger charge is -2.31. The summed E-state index contributed by atoms with van der Waals surface area (Å²) in [7, 11) is -3.52. The van der Waals surface area contributed by atoms with Crippen molar-refractivity contribution in [2.24, 2.45) is 5.92 Å². The van der Waals surface area contributed by atoms with Crippen LogP contribution in [-0.2, 0) is 10.0 Å². The van der Waals surface area contributed by atoms with E-state index in [9.17, 15) is 13.2 Å². The fourth-order valence-electron chi connectivity index (χ4n) is 3.32. The second-order valence-electron chi connectivity index (χ2n) is 7.04. The van der Waals surface area contributed by atoms with E-state index >= 15 is 0 Å². The second kappa shape index (κ2) is 8.04. The molecule has 1 aromatic carbocycles. The van der Waals surface area contributed by atoms with Crippen LogP contribution in [-0.4, -0.2) is 48.4 Å². The van der Waals surface area contributed by atoms with Crippen LogP contribution < -0.4 is 4.72 Å². The summed E-state index contributed by atoms with van der Waals surface area (Å²) < 4.78 is 31.7. The quantitative estimate of drug-likeness (QED) is 0.819. The number of aromatic nitrogens is 2. The highest BCUT2D eigenvalue weighted by Crippen LogP contribution is 2.22. The van der Waals surface area contributed by atoms with Gasteiger partial charge in [0.1, 0.15) is 4.88 Å². The largest absolute Gasteiger partial charge is 0.338 e. The van der Waals surface area contributed by atoms with E-state index < -0.39 is 10.0 Å². The molecule has 1 N–H and O–H groups in total. The molecule has 1 aliphatic rings. The van der Waals surface area contributed by atoms with Crippen LogP contribution in [0.5, 0.6) is 0 Å². The number of amides is 1. The van der Waals surface area contributed by atoms with Crippen molar-refractivity contribution in [2.45, 2.75) is 38.5 Å². The molecule has 0 aliphatic carbocycles. The molecule has 1 amide bonds. The normalized spacial score (nSPS) is 15.9. The van der Waals surface area contributed by atoms with E-state index in [-0.39, 0.29) is 11.8 Å². The molecule has 2 aromatic rings. The van der Waals surface area contributed by atoms with Crippen molar-refractivity contribution in [1.82, 2.24) is 19.2 Å². The number of benzene rings is 1. The van der Waals surface area contributed by atoms with Gasteiger partial charge in [-0.1, -0.05) is 22.2 Å². The first kappa shape index (κ1) is 19.9. The Morgan fingerprint density at radius 2 is 1.96 bits per heavy atom. The lowest BCUT2D eigenvalue weighted by Crippen LogP contribution is -2.41. The Morgan fingerprint density at radius 3 is 2.56 bits per heavy atom. The SMILES string of the molecule is Cc1ccc(S(=O)(=O)NCC2CCN(C(=O)c3snnc3C)CC2)c(C)c1. The summed E-state index contributed by atoms with van der Waals surface area (Å²) in [6.45, 7) is 7.15. The average molecular weight is 409 g/mol. The van der Waals surface area contributed by atoms with Gasteiger partial charge in [-0.05, 0) is 62.7 Å². The first-order valence-electron chi connectivity index (χ1n) is 8.93. The number of carbonyl (C=O) groups excluding carboxylic acids is 1. The van der Waals surface area contributed by atoms with Gasteiger partial charge in [-0.15, -0.1) is 5.10 Å². The van der Waals surface area contributed by atoms with Gasteiger partial charge in [-0.3, -0.25) is 4.79 Å². The predicted octanol–water partition coefficient (Wildman–Crippen LogP) is 2.29. The van der Waals surface area contributed by atoms with E-state index in [0.717, 1.165) is 35.5 Å². The first-order valence-corrected chi connectivity index (χ1v) is 11.2. The van der Waals surface area contributed by atoms with Crippen molar-refractivity contribution in [1.29, 1.82) is 0 Å². The predicted molar refractivity (Wildman–Crippen MR) is 104 cm³/mol. The third-order valence-corrected chi connectivity index (χ3v) is 7.33. The van der Waals surface area contributed by atoms with E-state index in [0.29, 0.717) is 35.1 Å². The van der Waals surface area contributed by atoms with Crippen LogP contribution >= 0.6 is 11.5 Å². The summed E-state index contributed by atoms with van der Waals surface area (Å²) in [5.74, 6) is 0.187. The molecule has 1 fully saturated rings. The average Bonchev–Trinajstić information content (AvgIpc) is 3.05. The number of sulfonamides is 1. The molecule has 146 valence electrons. The van der Waals surface area contributed by atoms with Crippen LogP contribution in [0.4, 0.5) is 0 Å². The highest BCUT2D eigenvalue weighted by Gasteiger charge is 2.27. The van der Waals surface area contributed by atoms with Gasteiger partial charge < -0.3 is 4.90 Å². The van der Waals surface area contributed by atoms with Gasteiger partial charge in [0.05, 0.1) is 10.6 Å². The number of likely N-dealkylation sites (tertiary alicyclic amines) is 1. The molecule has 0 radical (unpaired) electrons. The van der Waals surface area contributed by atoms with Gasteiger partial charge >= 0.3 is 0 Å². The summed E-state index contributed by atoms with van der Waals surface area (Å²) in [6.07, 6.45) is 1.54. The van der Waals surface area contributed by atoms with Gasteiger partial charge in [-0.2, -0.15) is 0 Å². The molecule has 0 bridgehead atoms. The first-order chi connectivity index (χ1) is 12.8. The molecule has 27 heavy (non-hydrogen) atoms. The fraction of sp³-hybridized carbons (Fsp3) is 0.500. The standard InChI is InChI=1S/C18H24N4O3S2/c1-12-4-5-16(13(2)10-12)27(24,25)19-11-15-6-8-22(9-7-15)18(23)17-14(3)20-21-26-17/h4-5,10,15,19H,6-9,11H2,1-3H3. The highest BCUT2D eigenvalue weighted by atomic mass is 32.2. The Balaban J connectivity index is 1.55. The highest BCUT2D eigenvalue weighted by molar-refractivity contribution is 7.89. The van der Waals surface area contributed by atoms with Crippen LogP contribution in [0.1, 0.15) is 39.3 Å². The molecule has 0 unspecified atom stereocenters. The van der Waals surface area contributed by atoms with Gasteiger partial charge in [-0.25, -0.2) is 13.1 Å². The number of hydrogen-bond acceptors (Lipinski definition) is 6. The van der Waals surface area contributed by atoms with Crippen molar-refractivity contribution in [3.05, 3.63) is 39.9 Å². The van der Waals surface area contributed by atoms with Gasteiger partial charge in [0.25, 0.3) is 5.91 Å². The minimum atomic E-state index is -3.52. The van der Waals surface area contributed by atoms with Crippen LogP contribution in [0.3, 0.4) is 0 Å². The van der Waals surface area contributed by atoms with Crippen molar-refractivity contribution in [3.63, 3.8) is 0 Å². The van der Waals surface area contributed by atoms with E-state index in [1.165, 1.54) is 0 Å². The zero-order chi connectivity index (χ0) is 19.6. The molecule has 2 heterocycles. The van der Waals surface area contributed by atoms with Crippen LogP contribution in [0.15, 0.2) is 23.1 Å². The van der Waals surface area contributed by atoms with Crippen molar-refractivity contribution in [3.8, 4) is 0 Å². The summed E-state index contributed by atoms with van der Waals surface area (Å²) in [6, 6.07) is 5.33. The summed E-state index contributed by atoms with van der Waals surface area (Å²) in [4.78, 5) is 15.2. The van der Waals surface area contributed by atoms with E-state index in [2.05, 4.69) is 14.3 Å². The van der Waals surface area contributed by atoms with Crippen LogP contribution in [0, 0.1) is 26.7 Å². The van der Waals surface area contributed by atoms with Crippen molar-refractivity contribution < 1.29 is 13.2 Å². The molecule has 0 spiro atoms. The maximum atomic E-state index is 12.6. The Kier molecular flexibility index (Phi) is 5.92. The Morgan fingerprint density at radius 1 is 1.26 bits per heavy atom. The molecule has 1 aromatic heterocycles. The Bertz CT molecular complexity index is 932. The third kappa shape index (κ3) is 4.53. The van der Waals surface area contributed by atoms with Crippen LogP contribution in [0.2, 0.25) is 0 Å². The second-order valence-corrected chi connectivity index (χ2v) is 9.53. The molecular formula is C18H24N4O3S2. The van der Waals surface area contributed by atoms with E-state index in [4.69, 9.17) is 0 Å². The van der Waals surface area contributed by atoms with Crippen molar-refractivity contribution in [2.75, 3.05) is 19.6 Å². The number of carbonyl (C=O) groups is 1. The number of aryl methyl sites for hydroxylation is 3. The molecule has 7 nitrogen and oxygen atoms in total. The molecule has 0 saturated carbocycles. The van der Waals surface area contributed by atoms with E-state index in [1.807, 2.05) is 26.0 Å². The van der Waals surface area contributed by atoms with Crippen LogP contribution in [0.25, 0.3) is 0 Å². The topological polar surface area (TPSA) is 92.3 Å². The van der Waals surface area contributed by atoms with E-state index in [1.54, 1.807) is 17.9 Å². The lowest BCUT2D eigenvalue weighted by atomic mass is 9.97.